The largest absolute Gasteiger partial charge is 0.372 e. The molecule has 68 valence electrons. The van der Waals surface area contributed by atoms with Crippen molar-refractivity contribution in [1.82, 2.24) is 10.2 Å². The lowest BCUT2D eigenvalue weighted by atomic mass is 10.3. The quantitative estimate of drug-likeness (QED) is 0.869. The van der Waals surface area contributed by atoms with Crippen LogP contribution >= 0.6 is 27.3 Å². The predicted octanol–water partition coefficient (Wildman–Crippen LogP) is 2.94. The summed E-state index contributed by atoms with van der Waals surface area (Å²) in [6.45, 7) is 0. The Hall–Kier alpha value is -0.810. The van der Waals surface area contributed by atoms with E-state index in [1.54, 1.807) is 11.3 Å². The molecule has 0 atom stereocenters. The van der Waals surface area contributed by atoms with Crippen molar-refractivity contribution in [3.05, 3.63) is 22.0 Å². The summed E-state index contributed by atoms with van der Waals surface area (Å²) < 4.78 is 1.10. The maximum Gasteiger partial charge on any atom is 0.148 e. The number of nitrogens with one attached hydrogen (secondary N) is 2. The fraction of sp³-hybridized carbons (Fsp3) is 0.125. The van der Waals surface area contributed by atoms with Crippen LogP contribution in [0.1, 0.15) is 0 Å². The number of thiophene rings is 1. The van der Waals surface area contributed by atoms with Gasteiger partial charge in [-0.15, -0.1) is 11.3 Å². The lowest BCUT2D eigenvalue weighted by Gasteiger charge is -1.87. The van der Waals surface area contributed by atoms with Gasteiger partial charge in [-0.2, -0.15) is 5.10 Å². The Morgan fingerprint density at radius 1 is 1.54 bits per heavy atom. The zero-order chi connectivity index (χ0) is 9.26. The summed E-state index contributed by atoms with van der Waals surface area (Å²) in [5.74, 6) is 0.861. The van der Waals surface area contributed by atoms with Gasteiger partial charge in [0.2, 0.25) is 0 Å². The monoisotopic (exact) mass is 257 g/mol. The number of hydrogen-bond acceptors (Lipinski definition) is 3. The highest BCUT2D eigenvalue weighted by atomic mass is 79.9. The fourth-order valence-electron chi connectivity index (χ4n) is 1.03. The van der Waals surface area contributed by atoms with Crippen molar-refractivity contribution in [3.63, 3.8) is 0 Å². The van der Waals surface area contributed by atoms with Crippen molar-refractivity contribution in [2.45, 2.75) is 0 Å². The van der Waals surface area contributed by atoms with Gasteiger partial charge in [-0.25, -0.2) is 0 Å². The van der Waals surface area contributed by atoms with Crippen molar-refractivity contribution in [3.8, 4) is 10.6 Å². The molecule has 0 unspecified atom stereocenters. The summed E-state index contributed by atoms with van der Waals surface area (Å²) in [5.41, 5.74) is 1.04. The first-order chi connectivity index (χ1) is 6.29. The molecule has 0 aliphatic heterocycles. The summed E-state index contributed by atoms with van der Waals surface area (Å²) in [4.78, 5) is 1.18. The summed E-state index contributed by atoms with van der Waals surface area (Å²) in [6, 6.07) is 4.05. The molecule has 2 N–H and O–H groups in total. The molecule has 2 aromatic rings. The Morgan fingerprint density at radius 3 is 2.92 bits per heavy atom. The van der Waals surface area contributed by atoms with E-state index in [1.165, 1.54) is 4.88 Å². The highest BCUT2D eigenvalue weighted by Gasteiger charge is 2.04. The van der Waals surface area contributed by atoms with E-state index in [9.17, 15) is 0 Å². The first-order valence-electron chi connectivity index (χ1n) is 3.77. The SMILES string of the molecule is CNc1cc(-c2cc(Br)cs2)[nH]n1. The second-order valence-electron chi connectivity index (χ2n) is 2.55. The first-order valence-corrected chi connectivity index (χ1v) is 5.44. The molecule has 0 saturated carbocycles. The van der Waals surface area contributed by atoms with Gasteiger partial charge >= 0.3 is 0 Å². The van der Waals surface area contributed by atoms with Gasteiger partial charge in [0.25, 0.3) is 0 Å². The molecule has 2 heterocycles. The zero-order valence-corrected chi connectivity index (χ0v) is 9.37. The zero-order valence-electron chi connectivity index (χ0n) is 6.97. The molecule has 0 aliphatic carbocycles. The number of H-pyrrole nitrogens is 1. The topological polar surface area (TPSA) is 40.7 Å². The van der Waals surface area contributed by atoms with Crippen molar-refractivity contribution >= 4 is 33.1 Å². The van der Waals surface area contributed by atoms with Crippen LogP contribution in [0.5, 0.6) is 0 Å². The highest BCUT2D eigenvalue weighted by Crippen LogP contribution is 2.29. The van der Waals surface area contributed by atoms with Gasteiger partial charge in [0, 0.05) is 23.0 Å². The molecule has 2 aromatic heterocycles. The molecule has 3 nitrogen and oxygen atoms in total. The molecule has 0 aromatic carbocycles. The van der Waals surface area contributed by atoms with Crippen LogP contribution in [0.2, 0.25) is 0 Å². The molecular weight excluding hydrogens is 250 g/mol. The van der Waals surface area contributed by atoms with Crippen molar-refractivity contribution in [2.75, 3.05) is 12.4 Å². The lowest BCUT2D eigenvalue weighted by Crippen LogP contribution is -1.85. The third kappa shape index (κ3) is 1.76. The lowest BCUT2D eigenvalue weighted by molar-refractivity contribution is 1.09. The van der Waals surface area contributed by atoms with Crippen LogP contribution in [-0.4, -0.2) is 17.2 Å². The number of nitrogens with zero attached hydrogens (tertiary/aromatic N) is 1. The third-order valence-electron chi connectivity index (χ3n) is 1.67. The van der Waals surface area contributed by atoms with E-state index in [1.807, 2.05) is 13.1 Å². The summed E-state index contributed by atoms with van der Waals surface area (Å²) in [7, 11) is 1.85. The molecule has 0 amide bonds. The Kier molecular flexibility index (Phi) is 2.37. The number of aromatic nitrogens is 2. The Balaban J connectivity index is 2.35. The second kappa shape index (κ2) is 3.51. The second-order valence-corrected chi connectivity index (χ2v) is 4.37. The number of halogens is 1. The van der Waals surface area contributed by atoms with Crippen molar-refractivity contribution < 1.29 is 0 Å². The normalized spacial score (nSPS) is 10.3. The molecule has 0 radical (unpaired) electrons. The van der Waals surface area contributed by atoms with Gasteiger partial charge in [0.05, 0.1) is 10.6 Å². The molecule has 0 aliphatic rings. The molecule has 0 bridgehead atoms. The summed E-state index contributed by atoms with van der Waals surface area (Å²) in [5, 5.41) is 12.1. The number of hydrogen-bond donors (Lipinski definition) is 2. The highest BCUT2D eigenvalue weighted by molar-refractivity contribution is 9.10. The van der Waals surface area contributed by atoms with E-state index in [0.717, 1.165) is 16.0 Å². The van der Waals surface area contributed by atoms with Gasteiger partial charge < -0.3 is 5.32 Å². The Bertz CT molecular complexity index is 407. The van der Waals surface area contributed by atoms with Crippen LogP contribution in [0.4, 0.5) is 5.82 Å². The van der Waals surface area contributed by atoms with Gasteiger partial charge in [-0.3, -0.25) is 5.10 Å². The van der Waals surface area contributed by atoms with Crippen LogP contribution in [0.15, 0.2) is 22.0 Å². The molecule has 13 heavy (non-hydrogen) atoms. The van der Waals surface area contributed by atoms with Crippen LogP contribution < -0.4 is 5.32 Å². The molecule has 0 spiro atoms. The van der Waals surface area contributed by atoms with Crippen LogP contribution in [0, 0.1) is 0 Å². The van der Waals surface area contributed by atoms with Crippen LogP contribution in [0.3, 0.4) is 0 Å². The van der Waals surface area contributed by atoms with Crippen molar-refractivity contribution in [2.24, 2.45) is 0 Å². The molecular formula is C8H8BrN3S. The maximum absolute atomic E-state index is 4.08. The minimum atomic E-state index is 0.861. The summed E-state index contributed by atoms with van der Waals surface area (Å²) in [6.07, 6.45) is 0. The van der Waals surface area contributed by atoms with E-state index in [-0.39, 0.29) is 0 Å². The Labute approximate surface area is 88.3 Å². The average Bonchev–Trinajstić information content (AvgIpc) is 2.71. The molecule has 2 rings (SSSR count). The van der Waals surface area contributed by atoms with E-state index in [0.29, 0.717) is 0 Å². The number of anilines is 1. The molecule has 0 fully saturated rings. The fourth-order valence-corrected chi connectivity index (χ4v) is 2.43. The van der Waals surface area contributed by atoms with E-state index in [4.69, 9.17) is 0 Å². The number of aromatic amines is 1. The van der Waals surface area contributed by atoms with Gasteiger partial charge in [-0.1, -0.05) is 0 Å². The van der Waals surface area contributed by atoms with Gasteiger partial charge in [0.1, 0.15) is 5.82 Å². The van der Waals surface area contributed by atoms with Crippen LogP contribution in [0.25, 0.3) is 10.6 Å². The summed E-state index contributed by atoms with van der Waals surface area (Å²) >= 11 is 5.09. The van der Waals surface area contributed by atoms with Crippen LogP contribution in [-0.2, 0) is 0 Å². The average molecular weight is 258 g/mol. The predicted molar refractivity (Wildman–Crippen MR) is 59.1 cm³/mol. The van der Waals surface area contributed by atoms with Gasteiger partial charge in [0.15, 0.2) is 0 Å². The van der Waals surface area contributed by atoms with E-state index < -0.39 is 0 Å². The molecule has 5 heteroatoms. The minimum Gasteiger partial charge on any atom is -0.372 e. The van der Waals surface area contributed by atoms with Crippen molar-refractivity contribution in [1.29, 1.82) is 0 Å². The minimum absolute atomic E-state index is 0.861. The first kappa shape index (κ1) is 8.77. The maximum atomic E-state index is 4.08. The number of rotatable bonds is 2. The standard InChI is InChI=1S/C8H8BrN3S/c1-10-8-3-6(11-12-8)7-2-5(9)4-13-7/h2-4H,1H3,(H2,10,11,12). The van der Waals surface area contributed by atoms with Gasteiger partial charge in [-0.05, 0) is 22.0 Å². The molecule has 0 saturated heterocycles. The van der Waals surface area contributed by atoms with E-state index in [2.05, 4.69) is 42.9 Å². The third-order valence-corrected chi connectivity index (χ3v) is 3.39. The smallest absolute Gasteiger partial charge is 0.148 e. The Morgan fingerprint density at radius 2 is 2.38 bits per heavy atom. The van der Waals surface area contributed by atoms with E-state index >= 15 is 0 Å².